The van der Waals surface area contributed by atoms with E-state index in [4.69, 9.17) is 17.4 Å². The number of nitrogens with two attached hydrogens (primary N) is 1. The zero-order chi connectivity index (χ0) is 14.7. The van der Waals surface area contributed by atoms with Crippen molar-refractivity contribution in [3.63, 3.8) is 0 Å². The van der Waals surface area contributed by atoms with Crippen molar-refractivity contribution in [3.8, 4) is 0 Å². The zero-order valence-electron chi connectivity index (χ0n) is 10.3. The molecule has 0 radical (unpaired) electrons. The van der Waals surface area contributed by atoms with E-state index in [1.54, 1.807) is 12.1 Å². The summed E-state index contributed by atoms with van der Waals surface area (Å²) < 4.78 is 15.1. The van der Waals surface area contributed by atoms with E-state index >= 15 is 0 Å². The highest BCUT2D eigenvalue weighted by atomic mass is 79.9. The van der Waals surface area contributed by atoms with Crippen LogP contribution in [0.15, 0.2) is 45.3 Å². The minimum Gasteiger partial charge on any atom is -0.271 e. The van der Waals surface area contributed by atoms with Crippen LogP contribution in [0.4, 0.5) is 4.39 Å². The topological polar surface area (TPSA) is 38.0 Å². The van der Waals surface area contributed by atoms with Gasteiger partial charge in [0.05, 0.1) is 6.04 Å². The molecule has 0 aliphatic carbocycles. The van der Waals surface area contributed by atoms with Gasteiger partial charge in [-0.3, -0.25) is 11.3 Å². The Morgan fingerprint density at radius 2 is 1.95 bits per heavy atom. The number of benzene rings is 2. The molecule has 0 bridgehead atoms. The minimum atomic E-state index is -0.272. The van der Waals surface area contributed by atoms with Gasteiger partial charge in [-0.05, 0) is 53.9 Å². The van der Waals surface area contributed by atoms with Crippen LogP contribution in [0.5, 0.6) is 0 Å². The first kappa shape index (κ1) is 15.9. The Morgan fingerprint density at radius 1 is 1.20 bits per heavy atom. The molecular weight excluding hydrogens is 410 g/mol. The molecule has 2 aromatic rings. The van der Waals surface area contributed by atoms with Crippen LogP contribution in [0.3, 0.4) is 0 Å². The van der Waals surface area contributed by atoms with Crippen LogP contribution in [0.1, 0.15) is 17.2 Å². The van der Waals surface area contributed by atoms with Crippen molar-refractivity contribution in [2.24, 2.45) is 5.84 Å². The molecule has 2 rings (SSSR count). The number of halogens is 4. The molecule has 6 heteroatoms. The van der Waals surface area contributed by atoms with E-state index < -0.39 is 0 Å². The van der Waals surface area contributed by atoms with Crippen LogP contribution >= 0.6 is 43.5 Å². The van der Waals surface area contributed by atoms with Gasteiger partial charge < -0.3 is 0 Å². The number of hydrogen-bond donors (Lipinski definition) is 2. The van der Waals surface area contributed by atoms with Crippen LogP contribution in [0.25, 0.3) is 0 Å². The monoisotopic (exact) mass is 420 g/mol. The van der Waals surface area contributed by atoms with Crippen molar-refractivity contribution in [2.45, 2.75) is 12.5 Å². The lowest BCUT2D eigenvalue weighted by Gasteiger charge is -2.18. The van der Waals surface area contributed by atoms with E-state index in [-0.39, 0.29) is 11.9 Å². The maximum atomic E-state index is 13.3. The molecule has 2 aromatic carbocycles. The van der Waals surface area contributed by atoms with Gasteiger partial charge >= 0.3 is 0 Å². The lowest BCUT2D eigenvalue weighted by atomic mass is 9.99. The Kier molecular flexibility index (Phi) is 5.57. The SMILES string of the molecule is NNC(Cc1cc(F)ccc1Br)c1cc(Cl)cc(Br)c1. The Bertz CT molecular complexity index is 602. The Hall–Kier alpha value is -0.460. The Labute approximate surface area is 138 Å². The number of nitrogens with one attached hydrogen (secondary N) is 1. The summed E-state index contributed by atoms with van der Waals surface area (Å²) in [4.78, 5) is 0. The zero-order valence-corrected chi connectivity index (χ0v) is 14.3. The van der Waals surface area contributed by atoms with E-state index in [1.165, 1.54) is 12.1 Å². The van der Waals surface area contributed by atoms with E-state index in [0.29, 0.717) is 11.4 Å². The predicted octanol–water partition coefficient (Wildman–Crippen LogP) is 4.75. The van der Waals surface area contributed by atoms with Crippen LogP contribution in [0.2, 0.25) is 5.02 Å². The summed E-state index contributed by atoms with van der Waals surface area (Å²) in [5.74, 6) is 5.35. The van der Waals surface area contributed by atoms with Gasteiger partial charge in [0.25, 0.3) is 0 Å². The van der Waals surface area contributed by atoms with Gasteiger partial charge in [-0.25, -0.2) is 4.39 Å². The summed E-state index contributed by atoms with van der Waals surface area (Å²) in [6, 6.07) is 10.0. The first-order valence-electron chi connectivity index (χ1n) is 5.85. The molecule has 0 aliphatic rings. The van der Waals surface area contributed by atoms with Crippen molar-refractivity contribution in [1.29, 1.82) is 0 Å². The molecule has 0 saturated heterocycles. The fourth-order valence-electron chi connectivity index (χ4n) is 1.97. The highest BCUT2D eigenvalue weighted by Crippen LogP contribution is 2.28. The summed E-state index contributed by atoms with van der Waals surface area (Å²) in [5.41, 5.74) is 4.52. The first-order chi connectivity index (χ1) is 9.49. The molecule has 106 valence electrons. The standard InChI is InChI=1S/C14H12Br2ClFN2/c15-10-3-9(4-11(17)7-10)14(20-19)6-8-5-12(18)1-2-13(8)16/h1-5,7,14,20H,6,19H2. The third kappa shape index (κ3) is 4.02. The summed E-state index contributed by atoms with van der Waals surface area (Å²) in [7, 11) is 0. The van der Waals surface area contributed by atoms with Crippen molar-refractivity contribution >= 4 is 43.5 Å². The van der Waals surface area contributed by atoms with Crippen LogP contribution in [0, 0.1) is 5.82 Å². The number of rotatable bonds is 4. The van der Waals surface area contributed by atoms with Gasteiger partial charge in [0.2, 0.25) is 0 Å². The normalized spacial score (nSPS) is 12.4. The Balaban J connectivity index is 2.30. The van der Waals surface area contributed by atoms with Crippen LogP contribution in [-0.4, -0.2) is 0 Å². The summed E-state index contributed by atoms with van der Waals surface area (Å²) in [6.07, 6.45) is 0.543. The second-order valence-corrected chi connectivity index (χ2v) is 6.57. The lowest BCUT2D eigenvalue weighted by molar-refractivity contribution is 0.547. The van der Waals surface area contributed by atoms with Gasteiger partial charge in [0.15, 0.2) is 0 Å². The molecule has 0 aliphatic heterocycles. The molecule has 1 unspecified atom stereocenters. The summed E-state index contributed by atoms with van der Waals surface area (Å²) in [6.45, 7) is 0. The van der Waals surface area contributed by atoms with Gasteiger partial charge in [-0.1, -0.05) is 43.5 Å². The van der Waals surface area contributed by atoms with Crippen LogP contribution < -0.4 is 11.3 Å². The smallest absolute Gasteiger partial charge is 0.123 e. The second-order valence-electron chi connectivity index (χ2n) is 4.36. The first-order valence-corrected chi connectivity index (χ1v) is 7.82. The van der Waals surface area contributed by atoms with Crippen molar-refractivity contribution < 1.29 is 4.39 Å². The highest BCUT2D eigenvalue weighted by Gasteiger charge is 2.14. The molecule has 1 atom stereocenters. The maximum absolute atomic E-state index is 13.3. The van der Waals surface area contributed by atoms with E-state index in [1.807, 2.05) is 12.1 Å². The average Bonchev–Trinajstić information content (AvgIpc) is 2.38. The Morgan fingerprint density at radius 3 is 2.60 bits per heavy atom. The predicted molar refractivity (Wildman–Crippen MR) is 87.0 cm³/mol. The molecule has 20 heavy (non-hydrogen) atoms. The molecule has 3 N–H and O–H groups in total. The number of hydrogen-bond acceptors (Lipinski definition) is 2. The van der Waals surface area contributed by atoms with E-state index in [9.17, 15) is 4.39 Å². The summed E-state index contributed by atoms with van der Waals surface area (Å²) >= 11 is 12.9. The van der Waals surface area contributed by atoms with Crippen molar-refractivity contribution in [3.05, 3.63) is 67.3 Å². The fraction of sp³-hybridized carbons (Fsp3) is 0.143. The molecule has 0 saturated carbocycles. The third-order valence-corrected chi connectivity index (χ3v) is 4.37. The van der Waals surface area contributed by atoms with Gasteiger partial charge in [-0.15, -0.1) is 0 Å². The second kappa shape index (κ2) is 7.00. The van der Waals surface area contributed by atoms with Gasteiger partial charge in [0, 0.05) is 14.0 Å². The van der Waals surface area contributed by atoms with Crippen molar-refractivity contribution in [2.75, 3.05) is 0 Å². The molecule has 0 fully saturated rings. The molecule has 0 amide bonds. The van der Waals surface area contributed by atoms with Crippen LogP contribution in [-0.2, 0) is 6.42 Å². The van der Waals surface area contributed by atoms with E-state index in [0.717, 1.165) is 20.1 Å². The van der Waals surface area contributed by atoms with Gasteiger partial charge in [0.1, 0.15) is 5.82 Å². The maximum Gasteiger partial charge on any atom is 0.123 e. The fourth-order valence-corrected chi connectivity index (χ4v) is 3.26. The number of hydrazine groups is 1. The minimum absolute atomic E-state index is 0.164. The summed E-state index contributed by atoms with van der Waals surface area (Å²) in [5, 5.41) is 0.618. The highest BCUT2D eigenvalue weighted by molar-refractivity contribution is 9.10. The van der Waals surface area contributed by atoms with Gasteiger partial charge in [-0.2, -0.15) is 0 Å². The van der Waals surface area contributed by atoms with E-state index in [2.05, 4.69) is 37.3 Å². The quantitative estimate of drug-likeness (QED) is 0.551. The average molecular weight is 423 g/mol. The molecule has 0 spiro atoms. The lowest BCUT2D eigenvalue weighted by Crippen LogP contribution is -2.29. The molecule has 0 heterocycles. The third-order valence-electron chi connectivity index (χ3n) is 2.92. The largest absolute Gasteiger partial charge is 0.271 e. The molecule has 0 aromatic heterocycles. The molecule has 2 nitrogen and oxygen atoms in total. The molecular formula is C14H12Br2ClFN2. The van der Waals surface area contributed by atoms with Crippen molar-refractivity contribution in [1.82, 2.24) is 5.43 Å².